The van der Waals surface area contributed by atoms with Gasteiger partial charge in [0.25, 0.3) is 0 Å². The Labute approximate surface area is 214 Å². The van der Waals surface area contributed by atoms with E-state index in [0.717, 1.165) is 28.9 Å². The van der Waals surface area contributed by atoms with E-state index in [0.29, 0.717) is 16.5 Å². The molecular formula is C26H24FN5O2S2. The van der Waals surface area contributed by atoms with Gasteiger partial charge < -0.3 is 14.8 Å². The molecule has 1 saturated heterocycles. The molecule has 0 radical (unpaired) electrons. The Balaban J connectivity index is 1.65. The summed E-state index contributed by atoms with van der Waals surface area (Å²) in [5, 5.41) is 3.89. The molecule has 3 heterocycles. The summed E-state index contributed by atoms with van der Waals surface area (Å²) in [6.07, 6.45) is 4.67. The van der Waals surface area contributed by atoms with Crippen molar-refractivity contribution in [1.29, 1.82) is 0 Å². The van der Waals surface area contributed by atoms with Crippen LogP contribution in [0.2, 0.25) is 0 Å². The molecule has 0 spiro atoms. The van der Waals surface area contributed by atoms with Gasteiger partial charge in [0.2, 0.25) is 10.0 Å². The van der Waals surface area contributed by atoms with Gasteiger partial charge in [0.05, 0.1) is 29.4 Å². The molecule has 4 aromatic rings. The van der Waals surface area contributed by atoms with Crippen LogP contribution in [0.5, 0.6) is 0 Å². The third-order valence-corrected chi connectivity index (χ3v) is 6.98. The summed E-state index contributed by atoms with van der Waals surface area (Å²) in [7, 11) is -3.42. The lowest BCUT2D eigenvalue weighted by atomic mass is 10.0. The number of sulfonamides is 1. The molecule has 0 amide bonds. The number of hydrogen-bond acceptors (Lipinski definition) is 4. The summed E-state index contributed by atoms with van der Waals surface area (Å²) < 4.78 is 42.7. The zero-order valence-electron chi connectivity index (χ0n) is 19.6. The smallest absolute Gasteiger partial charge is 0.229 e. The number of halogens is 1. The quantitative estimate of drug-likeness (QED) is 0.353. The molecule has 2 N–H and O–H groups in total. The highest BCUT2D eigenvalue weighted by atomic mass is 32.2. The predicted octanol–water partition coefficient (Wildman–Crippen LogP) is 4.87. The van der Waals surface area contributed by atoms with Crippen LogP contribution < -0.4 is 14.9 Å². The van der Waals surface area contributed by atoms with Gasteiger partial charge in [-0.1, -0.05) is 18.2 Å². The van der Waals surface area contributed by atoms with Crippen LogP contribution in [0.4, 0.5) is 15.8 Å². The van der Waals surface area contributed by atoms with Crippen molar-refractivity contribution in [3.05, 3.63) is 108 Å². The van der Waals surface area contributed by atoms with E-state index in [4.69, 9.17) is 12.2 Å². The fourth-order valence-corrected chi connectivity index (χ4v) is 5.52. The number of nitrogens with zero attached hydrogens (tertiary/aromatic N) is 3. The molecule has 0 aliphatic carbocycles. The van der Waals surface area contributed by atoms with Crippen LogP contribution in [0.25, 0.3) is 5.69 Å². The van der Waals surface area contributed by atoms with Crippen molar-refractivity contribution >= 4 is 38.7 Å². The zero-order valence-corrected chi connectivity index (χ0v) is 21.2. The molecule has 1 aliphatic heterocycles. The molecule has 0 unspecified atom stereocenters. The number of aromatic nitrogens is 2. The molecule has 2 aromatic heterocycles. The third-order valence-electron chi connectivity index (χ3n) is 6.08. The van der Waals surface area contributed by atoms with Crippen molar-refractivity contribution in [3.63, 3.8) is 0 Å². The van der Waals surface area contributed by atoms with Crippen LogP contribution in [0.3, 0.4) is 0 Å². The Kier molecular flexibility index (Phi) is 6.23. The zero-order chi connectivity index (χ0) is 25.4. The summed E-state index contributed by atoms with van der Waals surface area (Å²) in [4.78, 5) is 6.54. The number of benzene rings is 2. The second-order valence-corrected chi connectivity index (χ2v) is 10.8. The molecule has 36 heavy (non-hydrogen) atoms. The summed E-state index contributed by atoms with van der Waals surface area (Å²) in [5.41, 5.74) is 4.05. The lowest BCUT2D eigenvalue weighted by Crippen LogP contribution is -2.30. The van der Waals surface area contributed by atoms with E-state index in [-0.39, 0.29) is 17.9 Å². The number of rotatable bonds is 6. The molecule has 5 rings (SSSR count). The van der Waals surface area contributed by atoms with Crippen molar-refractivity contribution in [3.8, 4) is 5.69 Å². The Morgan fingerprint density at radius 2 is 1.83 bits per heavy atom. The minimum absolute atomic E-state index is 0.312. The number of aryl methyl sites for hydroxylation is 1. The van der Waals surface area contributed by atoms with Crippen LogP contribution in [0.15, 0.2) is 85.2 Å². The van der Waals surface area contributed by atoms with Crippen LogP contribution in [0.1, 0.15) is 29.0 Å². The molecule has 0 bridgehead atoms. The standard InChI is InChI=1S/C26H24FN5O2S2/c1-17-16-18(12-13-20(17)30-36(2,33)34)32-25(24(29-26(32)35)21-9-5-6-14-28-21)23-11-7-15-31(23)22-10-4-3-8-19(22)27/h3-16,24-25,30H,1-2H3,(H,29,35)/t24-,25-/m0/s1. The number of anilines is 2. The van der Waals surface area contributed by atoms with Crippen LogP contribution in [-0.2, 0) is 10.0 Å². The van der Waals surface area contributed by atoms with Gasteiger partial charge >= 0.3 is 0 Å². The molecular weight excluding hydrogens is 497 g/mol. The van der Waals surface area contributed by atoms with Crippen LogP contribution in [-0.4, -0.2) is 29.3 Å². The second kappa shape index (κ2) is 9.36. The molecule has 2 atom stereocenters. The van der Waals surface area contributed by atoms with Crippen LogP contribution >= 0.6 is 12.2 Å². The van der Waals surface area contributed by atoms with Gasteiger partial charge in [0, 0.05) is 23.8 Å². The number of thiocarbonyl (C=S) groups is 1. The highest BCUT2D eigenvalue weighted by molar-refractivity contribution is 7.92. The SMILES string of the molecule is Cc1cc(N2C(=S)N[C@@H](c3ccccn3)[C@@H]2c2cccn2-c2ccccc2F)ccc1NS(C)(=O)=O. The highest BCUT2D eigenvalue weighted by Crippen LogP contribution is 2.43. The number of nitrogens with one attached hydrogen (secondary N) is 2. The van der Waals surface area contributed by atoms with Crippen molar-refractivity contribution in [2.45, 2.75) is 19.0 Å². The van der Waals surface area contributed by atoms with E-state index in [2.05, 4.69) is 15.0 Å². The first-order valence-electron chi connectivity index (χ1n) is 11.2. The Morgan fingerprint density at radius 3 is 2.53 bits per heavy atom. The molecule has 7 nitrogen and oxygen atoms in total. The molecule has 1 fully saturated rings. The van der Waals surface area contributed by atoms with Gasteiger partial charge in [0.15, 0.2) is 5.11 Å². The minimum atomic E-state index is -3.42. The van der Waals surface area contributed by atoms with Crippen molar-refractivity contribution in [2.75, 3.05) is 15.9 Å². The van der Waals surface area contributed by atoms with Crippen molar-refractivity contribution in [1.82, 2.24) is 14.9 Å². The van der Waals surface area contributed by atoms with Crippen LogP contribution in [0, 0.1) is 12.7 Å². The second-order valence-electron chi connectivity index (χ2n) is 8.62. The first-order chi connectivity index (χ1) is 17.2. The average Bonchev–Trinajstić information content (AvgIpc) is 3.44. The maximum absolute atomic E-state index is 14.8. The summed E-state index contributed by atoms with van der Waals surface area (Å²) >= 11 is 5.79. The van der Waals surface area contributed by atoms with E-state index in [1.807, 2.05) is 65.1 Å². The Morgan fingerprint density at radius 1 is 1.06 bits per heavy atom. The fraction of sp³-hybridized carbons (Fsp3) is 0.154. The largest absolute Gasteiger partial charge is 0.351 e. The van der Waals surface area contributed by atoms with Gasteiger partial charge in [-0.05, 0) is 79.3 Å². The molecule has 2 aromatic carbocycles. The first-order valence-corrected chi connectivity index (χ1v) is 13.5. The number of pyridine rings is 1. The fourth-order valence-electron chi connectivity index (χ4n) is 4.55. The summed E-state index contributed by atoms with van der Waals surface area (Å²) in [6, 6.07) is 20.9. The summed E-state index contributed by atoms with van der Waals surface area (Å²) in [6.45, 7) is 1.83. The molecule has 1 aliphatic rings. The molecule has 0 saturated carbocycles. The molecule has 184 valence electrons. The molecule has 10 heteroatoms. The van der Waals surface area contributed by atoms with E-state index >= 15 is 0 Å². The minimum Gasteiger partial charge on any atom is -0.351 e. The van der Waals surface area contributed by atoms with E-state index < -0.39 is 10.0 Å². The average molecular weight is 522 g/mol. The lowest BCUT2D eigenvalue weighted by Gasteiger charge is -2.29. The normalized spacial score (nSPS) is 17.8. The van der Waals surface area contributed by atoms with E-state index in [1.165, 1.54) is 6.07 Å². The van der Waals surface area contributed by atoms with Gasteiger partial charge in [-0.25, -0.2) is 12.8 Å². The lowest BCUT2D eigenvalue weighted by molar-refractivity contribution is 0.544. The topological polar surface area (TPSA) is 79.3 Å². The monoisotopic (exact) mass is 521 g/mol. The van der Waals surface area contributed by atoms with Gasteiger partial charge in [-0.2, -0.15) is 0 Å². The van der Waals surface area contributed by atoms with Gasteiger partial charge in [-0.3, -0.25) is 9.71 Å². The Hall–Kier alpha value is -3.76. The maximum Gasteiger partial charge on any atom is 0.229 e. The predicted molar refractivity (Wildman–Crippen MR) is 143 cm³/mol. The maximum atomic E-state index is 14.8. The van der Waals surface area contributed by atoms with Crippen molar-refractivity contribution < 1.29 is 12.8 Å². The van der Waals surface area contributed by atoms with E-state index in [1.54, 1.807) is 30.5 Å². The van der Waals surface area contributed by atoms with Crippen molar-refractivity contribution in [2.24, 2.45) is 0 Å². The number of hydrogen-bond donors (Lipinski definition) is 2. The number of para-hydroxylation sites is 1. The van der Waals surface area contributed by atoms with Gasteiger partial charge in [-0.15, -0.1) is 0 Å². The summed E-state index contributed by atoms with van der Waals surface area (Å²) in [5.74, 6) is -0.337. The first kappa shape index (κ1) is 24.0. The highest BCUT2D eigenvalue weighted by Gasteiger charge is 2.42. The third kappa shape index (κ3) is 4.57. The van der Waals surface area contributed by atoms with E-state index in [9.17, 15) is 12.8 Å². The van der Waals surface area contributed by atoms with Gasteiger partial charge in [0.1, 0.15) is 11.9 Å². The Bertz CT molecular complexity index is 1540.